The number of rotatable bonds is 1. The molecular formula is C11H9FN2S. The molecule has 2 aromatic rings. The first-order chi connectivity index (χ1) is 7.36. The number of nitrogens with zero attached hydrogens (tertiary/aromatic N) is 1. The number of hydrogen-bond acceptors (Lipinski definition) is 3. The average molecular weight is 220 g/mol. The fraction of sp³-hybridized carbons (Fsp3) is 0.182. The van der Waals surface area contributed by atoms with Crippen molar-refractivity contribution in [3.8, 4) is 0 Å². The molecule has 4 heteroatoms. The summed E-state index contributed by atoms with van der Waals surface area (Å²) in [6, 6.07) is 5.19. The molecule has 0 unspecified atom stereocenters. The Labute approximate surface area is 90.4 Å². The first-order valence-corrected chi connectivity index (χ1v) is 5.70. The molecule has 2 nitrogen and oxygen atoms in total. The van der Waals surface area contributed by atoms with E-state index in [-0.39, 0.29) is 5.82 Å². The fourth-order valence-corrected chi connectivity index (χ4v) is 2.81. The van der Waals surface area contributed by atoms with Gasteiger partial charge in [0.15, 0.2) is 0 Å². The van der Waals surface area contributed by atoms with Crippen molar-refractivity contribution < 1.29 is 4.39 Å². The maximum Gasteiger partial charge on any atom is 0.141 e. The Morgan fingerprint density at radius 3 is 3.13 bits per heavy atom. The molecule has 0 fully saturated rings. The van der Waals surface area contributed by atoms with Crippen LogP contribution >= 0.6 is 11.3 Å². The maximum absolute atomic E-state index is 13.4. The molecule has 2 heterocycles. The Hall–Kier alpha value is -1.42. The van der Waals surface area contributed by atoms with Crippen LogP contribution in [0.5, 0.6) is 0 Å². The Morgan fingerprint density at radius 2 is 2.33 bits per heavy atom. The lowest BCUT2D eigenvalue weighted by atomic mass is 10.1. The lowest BCUT2D eigenvalue weighted by molar-refractivity contribution is 0.642. The third-order valence-electron chi connectivity index (χ3n) is 2.55. The highest BCUT2D eigenvalue weighted by molar-refractivity contribution is 7.17. The number of benzene rings is 1. The average Bonchev–Trinajstić information content (AvgIpc) is 2.85. The maximum atomic E-state index is 13.4. The van der Waals surface area contributed by atoms with Crippen molar-refractivity contribution in [3.63, 3.8) is 0 Å². The summed E-state index contributed by atoms with van der Waals surface area (Å²) in [4.78, 5) is 0. The zero-order chi connectivity index (χ0) is 10.3. The molecule has 0 aliphatic carbocycles. The topological polar surface area (TPSA) is 24.4 Å². The molecule has 15 heavy (non-hydrogen) atoms. The van der Waals surface area contributed by atoms with Crippen molar-refractivity contribution in [2.45, 2.75) is 6.42 Å². The predicted molar refractivity (Wildman–Crippen MR) is 60.9 cm³/mol. The standard InChI is InChI=1S/C11H9FN2S/c12-9-3-1-2-7-8(6-15-11(7)9)10-4-5-13-14-10/h1-3,6,13H,4-5H2. The molecule has 0 saturated heterocycles. The van der Waals surface area contributed by atoms with Gasteiger partial charge in [0.2, 0.25) is 0 Å². The molecule has 0 atom stereocenters. The van der Waals surface area contributed by atoms with E-state index in [0.717, 1.165) is 34.3 Å². The summed E-state index contributed by atoms with van der Waals surface area (Å²) in [5.41, 5.74) is 5.04. The SMILES string of the molecule is Fc1cccc2c(C3=NNCC3)csc12. The molecule has 3 rings (SSSR count). The van der Waals surface area contributed by atoms with E-state index in [2.05, 4.69) is 10.5 Å². The number of fused-ring (bicyclic) bond motifs is 1. The largest absolute Gasteiger partial charge is 0.309 e. The van der Waals surface area contributed by atoms with Gasteiger partial charge in [-0.25, -0.2) is 4.39 Å². The summed E-state index contributed by atoms with van der Waals surface area (Å²) < 4.78 is 14.2. The first-order valence-electron chi connectivity index (χ1n) is 4.82. The van der Waals surface area contributed by atoms with Gasteiger partial charge in [0.1, 0.15) is 5.82 Å². The van der Waals surface area contributed by atoms with Crippen molar-refractivity contribution >= 4 is 27.1 Å². The van der Waals surface area contributed by atoms with E-state index < -0.39 is 0 Å². The van der Waals surface area contributed by atoms with Crippen LogP contribution in [0.25, 0.3) is 10.1 Å². The van der Waals surface area contributed by atoms with Crippen molar-refractivity contribution in [2.75, 3.05) is 6.54 Å². The molecule has 0 bridgehead atoms. The second-order valence-corrected chi connectivity index (χ2v) is 4.36. The minimum atomic E-state index is -0.143. The summed E-state index contributed by atoms with van der Waals surface area (Å²) in [5, 5.41) is 7.17. The lowest BCUT2D eigenvalue weighted by Crippen LogP contribution is -1.97. The van der Waals surface area contributed by atoms with E-state index in [0.29, 0.717) is 0 Å². The number of hydrazone groups is 1. The molecule has 1 N–H and O–H groups in total. The van der Waals surface area contributed by atoms with Crippen molar-refractivity contribution in [2.24, 2.45) is 5.10 Å². The minimum absolute atomic E-state index is 0.143. The molecule has 1 aromatic heterocycles. The summed E-state index contributed by atoms with van der Waals surface area (Å²) in [6.45, 7) is 0.877. The van der Waals surface area contributed by atoms with Gasteiger partial charge >= 0.3 is 0 Å². The van der Waals surface area contributed by atoms with Crippen LogP contribution in [0.2, 0.25) is 0 Å². The van der Waals surface area contributed by atoms with E-state index in [9.17, 15) is 4.39 Å². The zero-order valence-electron chi connectivity index (χ0n) is 7.96. The number of halogens is 1. The first kappa shape index (κ1) is 8.85. The van der Waals surface area contributed by atoms with Gasteiger partial charge in [-0.3, -0.25) is 0 Å². The smallest absolute Gasteiger partial charge is 0.141 e. The summed E-state index contributed by atoms with van der Waals surface area (Å²) in [6.07, 6.45) is 0.919. The Morgan fingerprint density at radius 1 is 1.40 bits per heavy atom. The summed E-state index contributed by atoms with van der Waals surface area (Å²) in [7, 11) is 0. The molecular weight excluding hydrogens is 211 g/mol. The van der Waals surface area contributed by atoms with Crippen LogP contribution in [0.4, 0.5) is 4.39 Å². The Kier molecular flexibility index (Phi) is 1.95. The Bertz CT molecular complexity index is 545. The fourth-order valence-electron chi connectivity index (χ4n) is 1.82. The van der Waals surface area contributed by atoms with E-state index in [1.807, 2.05) is 11.4 Å². The molecule has 0 spiro atoms. The van der Waals surface area contributed by atoms with Crippen LogP contribution in [-0.4, -0.2) is 12.3 Å². The van der Waals surface area contributed by atoms with Crippen molar-refractivity contribution in [1.82, 2.24) is 5.43 Å². The molecule has 0 saturated carbocycles. The third kappa shape index (κ3) is 1.33. The van der Waals surface area contributed by atoms with Crippen LogP contribution in [0.1, 0.15) is 12.0 Å². The summed E-state index contributed by atoms with van der Waals surface area (Å²) >= 11 is 1.44. The number of thiophene rings is 1. The molecule has 76 valence electrons. The second kappa shape index (κ2) is 3.31. The van der Waals surface area contributed by atoms with Crippen LogP contribution in [0.3, 0.4) is 0 Å². The predicted octanol–water partition coefficient (Wildman–Crippen LogP) is 2.74. The third-order valence-corrected chi connectivity index (χ3v) is 3.55. The van der Waals surface area contributed by atoms with Crippen LogP contribution in [0.15, 0.2) is 28.7 Å². The van der Waals surface area contributed by atoms with Gasteiger partial charge in [-0.15, -0.1) is 11.3 Å². The molecule has 0 amide bonds. The normalized spacial score (nSPS) is 15.4. The van der Waals surface area contributed by atoms with Crippen molar-refractivity contribution in [1.29, 1.82) is 0 Å². The molecule has 1 aliphatic rings. The highest BCUT2D eigenvalue weighted by atomic mass is 32.1. The van der Waals surface area contributed by atoms with Gasteiger partial charge in [-0.2, -0.15) is 5.10 Å². The van der Waals surface area contributed by atoms with E-state index in [4.69, 9.17) is 0 Å². The highest BCUT2D eigenvalue weighted by Gasteiger charge is 2.14. The number of nitrogens with one attached hydrogen (secondary N) is 1. The van der Waals surface area contributed by atoms with Gasteiger partial charge in [0.05, 0.1) is 10.4 Å². The molecule has 0 radical (unpaired) electrons. The Balaban J connectivity index is 2.24. The van der Waals surface area contributed by atoms with Gasteiger partial charge in [0, 0.05) is 29.3 Å². The van der Waals surface area contributed by atoms with Crippen LogP contribution in [-0.2, 0) is 0 Å². The van der Waals surface area contributed by atoms with Crippen molar-refractivity contribution in [3.05, 3.63) is 35.0 Å². The van der Waals surface area contributed by atoms with E-state index in [1.165, 1.54) is 17.4 Å². The van der Waals surface area contributed by atoms with Gasteiger partial charge in [0.25, 0.3) is 0 Å². The van der Waals surface area contributed by atoms with Gasteiger partial charge in [-0.1, -0.05) is 12.1 Å². The lowest BCUT2D eigenvalue weighted by Gasteiger charge is -1.96. The van der Waals surface area contributed by atoms with Crippen LogP contribution < -0.4 is 5.43 Å². The zero-order valence-corrected chi connectivity index (χ0v) is 8.77. The molecule has 1 aromatic carbocycles. The minimum Gasteiger partial charge on any atom is -0.309 e. The summed E-state index contributed by atoms with van der Waals surface area (Å²) in [5.74, 6) is -0.143. The number of hydrogen-bond donors (Lipinski definition) is 1. The highest BCUT2D eigenvalue weighted by Crippen LogP contribution is 2.29. The van der Waals surface area contributed by atoms with Gasteiger partial charge < -0.3 is 5.43 Å². The monoisotopic (exact) mass is 220 g/mol. The van der Waals surface area contributed by atoms with Crippen LogP contribution in [0, 0.1) is 5.82 Å². The van der Waals surface area contributed by atoms with E-state index in [1.54, 1.807) is 6.07 Å². The van der Waals surface area contributed by atoms with Gasteiger partial charge in [-0.05, 0) is 6.07 Å². The molecule has 1 aliphatic heterocycles. The van der Waals surface area contributed by atoms with E-state index >= 15 is 0 Å². The quantitative estimate of drug-likeness (QED) is 0.785. The second-order valence-electron chi connectivity index (χ2n) is 3.48.